The number of pyridine rings is 1. The van der Waals surface area contributed by atoms with Gasteiger partial charge in [-0.1, -0.05) is 25.2 Å². The fourth-order valence-corrected chi connectivity index (χ4v) is 1.56. The minimum absolute atomic E-state index is 0.603. The van der Waals surface area contributed by atoms with E-state index in [4.69, 9.17) is 12.2 Å². The Morgan fingerprint density at radius 2 is 2.27 bits per heavy atom. The Hall–Kier alpha value is -1.55. The smallest absolute Gasteiger partial charge is 0.157 e. The molecule has 0 saturated carbocycles. The topological polar surface area (TPSA) is 41.6 Å². The molecule has 1 N–H and O–H groups in total. The fraction of sp³-hybridized carbons (Fsp3) is 0.182. The van der Waals surface area contributed by atoms with Crippen molar-refractivity contribution in [3.05, 3.63) is 40.8 Å². The van der Waals surface area contributed by atoms with Crippen LogP contribution < -0.4 is 0 Å². The summed E-state index contributed by atoms with van der Waals surface area (Å²) in [6, 6.07) is 7.59. The van der Waals surface area contributed by atoms with Crippen LogP contribution in [0, 0.1) is 4.64 Å². The first-order chi connectivity index (χ1) is 7.29. The maximum absolute atomic E-state index is 5.09. The van der Waals surface area contributed by atoms with Gasteiger partial charge >= 0.3 is 0 Å². The van der Waals surface area contributed by atoms with Crippen molar-refractivity contribution in [3.63, 3.8) is 0 Å². The van der Waals surface area contributed by atoms with Gasteiger partial charge in [0.05, 0.1) is 0 Å². The van der Waals surface area contributed by atoms with Crippen molar-refractivity contribution in [2.45, 2.75) is 13.3 Å². The quantitative estimate of drug-likeness (QED) is 0.786. The Morgan fingerprint density at radius 3 is 2.93 bits per heavy atom. The van der Waals surface area contributed by atoms with Gasteiger partial charge in [0.2, 0.25) is 0 Å². The monoisotopic (exact) mass is 217 g/mol. The lowest BCUT2D eigenvalue weighted by Gasteiger charge is -2.02. The average molecular weight is 217 g/mol. The van der Waals surface area contributed by atoms with Crippen molar-refractivity contribution in [2.24, 2.45) is 0 Å². The molecule has 76 valence electrons. The second-order valence-electron chi connectivity index (χ2n) is 3.16. The molecule has 2 heterocycles. The van der Waals surface area contributed by atoms with E-state index in [-0.39, 0.29) is 0 Å². The van der Waals surface area contributed by atoms with Crippen molar-refractivity contribution in [1.82, 2.24) is 15.0 Å². The molecule has 0 amide bonds. The number of nitrogens with zero attached hydrogens (tertiary/aromatic N) is 2. The van der Waals surface area contributed by atoms with Gasteiger partial charge in [0.25, 0.3) is 0 Å². The molecule has 0 radical (unpaired) electrons. The predicted molar refractivity (Wildman–Crippen MR) is 62.0 cm³/mol. The summed E-state index contributed by atoms with van der Waals surface area (Å²) in [7, 11) is 0. The summed E-state index contributed by atoms with van der Waals surface area (Å²) < 4.78 is 0.603. The van der Waals surface area contributed by atoms with E-state index in [0.29, 0.717) is 4.64 Å². The van der Waals surface area contributed by atoms with E-state index in [1.165, 1.54) is 0 Å². The number of aromatic amines is 1. The van der Waals surface area contributed by atoms with Crippen LogP contribution in [-0.2, 0) is 6.42 Å². The normalized spacial score (nSPS) is 10.2. The van der Waals surface area contributed by atoms with Crippen LogP contribution in [0.25, 0.3) is 11.5 Å². The Morgan fingerprint density at radius 1 is 1.40 bits per heavy atom. The molecule has 0 spiro atoms. The highest BCUT2D eigenvalue weighted by molar-refractivity contribution is 7.71. The van der Waals surface area contributed by atoms with Crippen LogP contribution in [-0.4, -0.2) is 15.0 Å². The molecule has 0 aliphatic carbocycles. The first-order valence-electron chi connectivity index (χ1n) is 4.81. The third-order valence-corrected chi connectivity index (χ3v) is 2.30. The molecule has 0 unspecified atom stereocenters. The van der Waals surface area contributed by atoms with E-state index in [2.05, 4.69) is 21.9 Å². The zero-order valence-electron chi connectivity index (χ0n) is 8.40. The van der Waals surface area contributed by atoms with Crippen LogP contribution in [0.2, 0.25) is 0 Å². The molecule has 0 aliphatic heterocycles. The molecule has 0 atom stereocenters. The number of hydrogen-bond donors (Lipinski definition) is 1. The molecular weight excluding hydrogens is 206 g/mol. The van der Waals surface area contributed by atoms with Gasteiger partial charge in [-0.3, -0.25) is 4.98 Å². The van der Waals surface area contributed by atoms with E-state index < -0.39 is 0 Å². The number of aryl methyl sites for hydroxylation is 1. The van der Waals surface area contributed by atoms with E-state index in [9.17, 15) is 0 Å². The number of hydrogen-bond acceptors (Lipinski definition) is 3. The second-order valence-corrected chi connectivity index (χ2v) is 3.58. The Balaban J connectivity index is 2.54. The summed E-state index contributed by atoms with van der Waals surface area (Å²) in [5, 5.41) is 0. The first-order valence-corrected chi connectivity index (χ1v) is 5.22. The van der Waals surface area contributed by atoms with Crippen LogP contribution in [0.15, 0.2) is 30.5 Å². The highest BCUT2D eigenvalue weighted by Crippen LogP contribution is 2.11. The Kier molecular flexibility index (Phi) is 2.87. The van der Waals surface area contributed by atoms with Gasteiger partial charge < -0.3 is 4.98 Å². The molecule has 0 aromatic carbocycles. The lowest BCUT2D eigenvalue weighted by Crippen LogP contribution is -1.95. The lowest BCUT2D eigenvalue weighted by molar-refractivity contribution is 0.992. The lowest BCUT2D eigenvalue weighted by atomic mass is 10.3. The maximum atomic E-state index is 5.09. The van der Waals surface area contributed by atoms with Crippen molar-refractivity contribution >= 4 is 12.2 Å². The summed E-state index contributed by atoms with van der Waals surface area (Å²) in [5.74, 6) is 0.736. The van der Waals surface area contributed by atoms with Crippen LogP contribution >= 0.6 is 12.2 Å². The zero-order valence-corrected chi connectivity index (χ0v) is 9.21. The van der Waals surface area contributed by atoms with E-state index in [1.54, 1.807) is 6.20 Å². The molecule has 0 bridgehead atoms. The van der Waals surface area contributed by atoms with Crippen molar-refractivity contribution < 1.29 is 0 Å². The van der Waals surface area contributed by atoms with E-state index in [0.717, 1.165) is 23.6 Å². The fourth-order valence-electron chi connectivity index (χ4n) is 1.32. The highest BCUT2D eigenvalue weighted by atomic mass is 32.1. The summed E-state index contributed by atoms with van der Waals surface area (Å²) in [6.45, 7) is 2.07. The van der Waals surface area contributed by atoms with Crippen LogP contribution in [0.3, 0.4) is 0 Å². The third-order valence-electron chi connectivity index (χ3n) is 2.09. The molecule has 15 heavy (non-hydrogen) atoms. The predicted octanol–water partition coefficient (Wildman–Crippen LogP) is 2.76. The first kappa shape index (κ1) is 9.98. The maximum Gasteiger partial charge on any atom is 0.157 e. The number of rotatable bonds is 2. The van der Waals surface area contributed by atoms with Gasteiger partial charge in [0.1, 0.15) is 10.3 Å². The van der Waals surface area contributed by atoms with E-state index >= 15 is 0 Å². The Bertz CT molecular complexity index is 505. The standard InChI is InChI=1S/C11H11N3S/c1-2-8-7-10(15)14-11(13-8)9-5-3-4-6-12-9/h3-7H,2H2,1H3,(H,13,14,15). The number of nitrogens with one attached hydrogen (secondary N) is 1. The Labute approximate surface area is 93.2 Å². The summed E-state index contributed by atoms with van der Waals surface area (Å²) in [5.41, 5.74) is 1.90. The van der Waals surface area contributed by atoms with E-state index in [1.807, 2.05) is 24.3 Å². The van der Waals surface area contributed by atoms with Gasteiger partial charge in [-0.2, -0.15) is 0 Å². The molecular formula is C11H11N3S. The molecule has 3 nitrogen and oxygen atoms in total. The molecule has 0 fully saturated rings. The third kappa shape index (κ3) is 2.27. The van der Waals surface area contributed by atoms with Crippen molar-refractivity contribution in [3.8, 4) is 11.5 Å². The molecule has 0 aliphatic rings. The van der Waals surface area contributed by atoms with Gasteiger partial charge in [0, 0.05) is 11.9 Å². The summed E-state index contributed by atoms with van der Waals surface area (Å²) in [4.78, 5) is 11.7. The zero-order chi connectivity index (χ0) is 10.7. The molecule has 2 aromatic heterocycles. The van der Waals surface area contributed by atoms with Gasteiger partial charge in [-0.15, -0.1) is 0 Å². The largest absolute Gasteiger partial charge is 0.342 e. The van der Waals surface area contributed by atoms with Gasteiger partial charge in [0.15, 0.2) is 5.82 Å². The number of H-pyrrole nitrogens is 1. The highest BCUT2D eigenvalue weighted by Gasteiger charge is 2.01. The average Bonchev–Trinajstić information content (AvgIpc) is 2.29. The minimum Gasteiger partial charge on any atom is -0.342 e. The molecule has 2 aromatic rings. The van der Waals surface area contributed by atoms with Crippen LogP contribution in [0.5, 0.6) is 0 Å². The SMILES string of the molecule is CCc1cc(=S)nc(-c2ccccn2)[nH]1. The van der Waals surface area contributed by atoms with Crippen LogP contribution in [0.1, 0.15) is 12.6 Å². The summed E-state index contributed by atoms with van der Waals surface area (Å²) in [6.07, 6.45) is 2.65. The van der Waals surface area contributed by atoms with Gasteiger partial charge in [-0.25, -0.2) is 4.98 Å². The van der Waals surface area contributed by atoms with Crippen LogP contribution in [0.4, 0.5) is 0 Å². The van der Waals surface area contributed by atoms with Crippen molar-refractivity contribution in [2.75, 3.05) is 0 Å². The molecule has 0 saturated heterocycles. The van der Waals surface area contributed by atoms with Crippen molar-refractivity contribution in [1.29, 1.82) is 0 Å². The molecule has 4 heteroatoms. The number of aromatic nitrogens is 3. The minimum atomic E-state index is 0.603. The summed E-state index contributed by atoms with van der Waals surface area (Å²) >= 11 is 5.09. The second kappa shape index (κ2) is 4.31. The van der Waals surface area contributed by atoms with Gasteiger partial charge in [-0.05, 0) is 24.6 Å². The molecule has 2 rings (SSSR count).